The van der Waals surface area contributed by atoms with Crippen LogP contribution in [0.5, 0.6) is 0 Å². The Kier molecular flexibility index (Phi) is 2.63. The number of anilines is 1. The van der Waals surface area contributed by atoms with Crippen molar-refractivity contribution in [3.05, 3.63) is 30.5 Å². The van der Waals surface area contributed by atoms with Crippen molar-refractivity contribution < 1.29 is 0 Å². The number of pyridine rings is 1. The summed E-state index contributed by atoms with van der Waals surface area (Å²) >= 11 is 0. The largest absolute Gasteiger partial charge is 0.355 e. The van der Waals surface area contributed by atoms with Gasteiger partial charge in [0.05, 0.1) is 0 Å². The molecule has 0 atom stereocenters. The second-order valence-corrected chi connectivity index (χ2v) is 5.26. The lowest BCUT2D eigenvalue weighted by atomic mass is 9.72. The molecule has 1 N–H and O–H groups in total. The van der Waals surface area contributed by atoms with Gasteiger partial charge in [0.2, 0.25) is 0 Å². The molecular formula is C14H19N3. The molecular weight excluding hydrogens is 210 g/mol. The highest BCUT2D eigenvalue weighted by Crippen LogP contribution is 2.40. The van der Waals surface area contributed by atoms with E-state index < -0.39 is 0 Å². The quantitative estimate of drug-likeness (QED) is 0.839. The Balaban J connectivity index is 1.69. The van der Waals surface area contributed by atoms with E-state index in [-0.39, 0.29) is 0 Å². The van der Waals surface area contributed by atoms with Gasteiger partial charge in [-0.1, -0.05) is 12.7 Å². The van der Waals surface area contributed by atoms with Gasteiger partial charge in [0.15, 0.2) is 0 Å². The molecule has 0 aromatic carbocycles. The first-order chi connectivity index (χ1) is 8.31. The SMILES string of the molecule is C=Cc1ccnc(N2CC3(CCNCC3)C2)c1. The maximum Gasteiger partial charge on any atom is 0.129 e. The molecule has 90 valence electrons. The monoisotopic (exact) mass is 229 g/mol. The molecule has 3 heterocycles. The van der Waals surface area contributed by atoms with E-state index >= 15 is 0 Å². The number of hydrogen-bond acceptors (Lipinski definition) is 3. The lowest BCUT2D eigenvalue weighted by Gasteiger charge is -2.53. The standard InChI is InChI=1S/C14H19N3/c1-2-12-3-6-16-13(9-12)17-10-14(11-17)4-7-15-8-5-14/h2-3,6,9,15H,1,4-5,7-8,10-11H2. The summed E-state index contributed by atoms with van der Waals surface area (Å²) in [6.45, 7) is 8.49. The van der Waals surface area contributed by atoms with Crippen molar-refractivity contribution in [2.45, 2.75) is 12.8 Å². The second kappa shape index (κ2) is 4.15. The molecule has 1 spiro atoms. The normalized spacial score (nSPS) is 22.2. The van der Waals surface area contributed by atoms with Crippen LogP contribution in [-0.2, 0) is 0 Å². The van der Waals surface area contributed by atoms with Crippen LogP contribution in [0.1, 0.15) is 18.4 Å². The predicted octanol–water partition coefficient (Wildman–Crippen LogP) is 1.91. The fraction of sp³-hybridized carbons (Fsp3) is 0.500. The minimum absolute atomic E-state index is 0.567. The van der Waals surface area contributed by atoms with Gasteiger partial charge in [-0.05, 0) is 43.6 Å². The fourth-order valence-corrected chi connectivity index (χ4v) is 2.93. The van der Waals surface area contributed by atoms with Crippen molar-refractivity contribution in [3.8, 4) is 0 Å². The molecule has 0 unspecified atom stereocenters. The van der Waals surface area contributed by atoms with Crippen LogP contribution in [0, 0.1) is 5.41 Å². The van der Waals surface area contributed by atoms with Gasteiger partial charge in [-0.3, -0.25) is 0 Å². The lowest BCUT2D eigenvalue weighted by molar-refractivity contribution is 0.149. The van der Waals surface area contributed by atoms with Crippen LogP contribution in [-0.4, -0.2) is 31.2 Å². The second-order valence-electron chi connectivity index (χ2n) is 5.26. The Hall–Kier alpha value is -1.35. The summed E-state index contributed by atoms with van der Waals surface area (Å²) in [6.07, 6.45) is 6.38. The van der Waals surface area contributed by atoms with Gasteiger partial charge < -0.3 is 10.2 Å². The number of piperidine rings is 1. The average molecular weight is 229 g/mol. The highest BCUT2D eigenvalue weighted by atomic mass is 15.3. The van der Waals surface area contributed by atoms with E-state index in [1.165, 1.54) is 39.0 Å². The predicted molar refractivity (Wildman–Crippen MR) is 71.1 cm³/mol. The van der Waals surface area contributed by atoms with E-state index in [9.17, 15) is 0 Å². The van der Waals surface area contributed by atoms with Crippen molar-refractivity contribution in [1.82, 2.24) is 10.3 Å². The number of hydrogen-bond donors (Lipinski definition) is 1. The van der Waals surface area contributed by atoms with E-state index in [2.05, 4.69) is 27.8 Å². The molecule has 0 bridgehead atoms. The van der Waals surface area contributed by atoms with Gasteiger partial charge in [-0.2, -0.15) is 0 Å². The highest BCUT2D eigenvalue weighted by molar-refractivity contribution is 5.54. The molecule has 3 nitrogen and oxygen atoms in total. The number of nitrogens with zero attached hydrogens (tertiary/aromatic N) is 2. The zero-order chi connectivity index (χ0) is 11.7. The van der Waals surface area contributed by atoms with E-state index in [4.69, 9.17) is 0 Å². The molecule has 3 heteroatoms. The van der Waals surface area contributed by atoms with E-state index in [0.717, 1.165) is 11.4 Å². The summed E-state index contributed by atoms with van der Waals surface area (Å²) in [5.41, 5.74) is 1.72. The summed E-state index contributed by atoms with van der Waals surface area (Å²) < 4.78 is 0. The van der Waals surface area contributed by atoms with Gasteiger partial charge in [0, 0.05) is 24.7 Å². The molecule has 2 aliphatic rings. The summed E-state index contributed by atoms with van der Waals surface area (Å²) in [5.74, 6) is 1.10. The molecule has 1 aromatic heterocycles. The van der Waals surface area contributed by atoms with Gasteiger partial charge in [0.25, 0.3) is 0 Å². The molecule has 0 aliphatic carbocycles. The maximum atomic E-state index is 4.45. The smallest absolute Gasteiger partial charge is 0.129 e. The van der Waals surface area contributed by atoms with Crippen LogP contribution in [0.3, 0.4) is 0 Å². The molecule has 0 amide bonds. The molecule has 2 aliphatic heterocycles. The topological polar surface area (TPSA) is 28.2 Å². The summed E-state index contributed by atoms with van der Waals surface area (Å²) in [6, 6.07) is 4.12. The first-order valence-electron chi connectivity index (χ1n) is 6.36. The van der Waals surface area contributed by atoms with Crippen LogP contribution < -0.4 is 10.2 Å². The van der Waals surface area contributed by atoms with E-state index in [1.807, 2.05) is 18.3 Å². The van der Waals surface area contributed by atoms with Gasteiger partial charge in [-0.25, -0.2) is 4.98 Å². The number of aromatic nitrogens is 1. The zero-order valence-corrected chi connectivity index (χ0v) is 10.2. The van der Waals surface area contributed by atoms with Crippen LogP contribution >= 0.6 is 0 Å². The molecule has 1 aromatic rings. The summed E-state index contributed by atoms with van der Waals surface area (Å²) in [5, 5.41) is 3.43. The van der Waals surface area contributed by atoms with Gasteiger partial charge >= 0.3 is 0 Å². The number of nitrogens with one attached hydrogen (secondary N) is 1. The minimum Gasteiger partial charge on any atom is -0.355 e. The molecule has 3 rings (SSSR count). The molecule has 2 fully saturated rings. The summed E-state index contributed by atoms with van der Waals surface area (Å²) in [4.78, 5) is 6.84. The molecule has 2 saturated heterocycles. The zero-order valence-electron chi connectivity index (χ0n) is 10.2. The molecule has 0 radical (unpaired) electrons. The van der Waals surface area contributed by atoms with Crippen molar-refractivity contribution in [2.24, 2.45) is 5.41 Å². The van der Waals surface area contributed by atoms with Crippen molar-refractivity contribution in [3.63, 3.8) is 0 Å². The Bertz CT molecular complexity index is 413. The van der Waals surface area contributed by atoms with Crippen LogP contribution in [0.25, 0.3) is 6.08 Å². The van der Waals surface area contributed by atoms with E-state index in [1.54, 1.807) is 0 Å². The van der Waals surface area contributed by atoms with Crippen molar-refractivity contribution >= 4 is 11.9 Å². The Labute approximate surface area is 103 Å². The van der Waals surface area contributed by atoms with E-state index in [0.29, 0.717) is 5.41 Å². The average Bonchev–Trinajstić information content (AvgIpc) is 2.37. The van der Waals surface area contributed by atoms with Gasteiger partial charge in [0.1, 0.15) is 5.82 Å². The minimum atomic E-state index is 0.567. The third-order valence-electron chi connectivity index (χ3n) is 4.05. The Morgan fingerprint density at radius 2 is 2.12 bits per heavy atom. The fourth-order valence-electron chi connectivity index (χ4n) is 2.93. The van der Waals surface area contributed by atoms with Crippen LogP contribution in [0.2, 0.25) is 0 Å². The molecule has 0 saturated carbocycles. The highest BCUT2D eigenvalue weighted by Gasteiger charge is 2.43. The Morgan fingerprint density at radius 3 is 2.82 bits per heavy atom. The van der Waals surface area contributed by atoms with Crippen molar-refractivity contribution in [2.75, 3.05) is 31.1 Å². The third-order valence-corrected chi connectivity index (χ3v) is 4.05. The van der Waals surface area contributed by atoms with Crippen LogP contribution in [0.4, 0.5) is 5.82 Å². The number of rotatable bonds is 2. The van der Waals surface area contributed by atoms with Crippen LogP contribution in [0.15, 0.2) is 24.9 Å². The first kappa shape index (κ1) is 10.8. The third kappa shape index (κ3) is 1.95. The maximum absolute atomic E-state index is 4.45. The summed E-state index contributed by atoms with van der Waals surface area (Å²) in [7, 11) is 0. The first-order valence-corrected chi connectivity index (χ1v) is 6.36. The van der Waals surface area contributed by atoms with Crippen molar-refractivity contribution in [1.29, 1.82) is 0 Å². The lowest BCUT2D eigenvalue weighted by Crippen LogP contribution is -2.60. The van der Waals surface area contributed by atoms with Gasteiger partial charge in [-0.15, -0.1) is 0 Å². The molecule has 17 heavy (non-hydrogen) atoms. The Morgan fingerprint density at radius 1 is 1.35 bits per heavy atom.